The lowest BCUT2D eigenvalue weighted by Crippen LogP contribution is -2.58. The van der Waals surface area contributed by atoms with Crippen molar-refractivity contribution >= 4 is 23.5 Å². The Morgan fingerprint density at radius 3 is 2.61 bits per heavy atom. The highest BCUT2D eigenvalue weighted by Gasteiger charge is 2.75. The van der Waals surface area contributed by atoms with Crippen molar-refractivity contribution in [3.8, 4) is 0 Å². The molecule has 8 nitrogen and oxygen atoms in total. The summed E-state index contributed by atoms with van der Waals surface area (Å²) in [6, 6.07) is 4.22. The second-order valence-corrected chi connectivity index (χ2v) is 10.8. The van der Waals surface area contributed by atoms with Crippen LogP contribution in [0.4, 0.5) is 5.69 Å². The maximum absolute atomic E-state index is 14.5. The summed E-state index contributed by atoms with van der Waals surface area (Å²) < 4.78 is 12.1. The molecule has 6 atom stereocenters. The molecule has 38 heavy (non-hydrogen) atoms. The molecule has 8 heteroatoms. The molecule has 2 amide bonds. The van der Waals surface area contributed by atoms with E-state index in [1.165, 1.54) is 4.90 Å². The molecule has 0 aromatic heterocycles. The Morgan fingerprint density at radius 2 is 1.97 bits per heavy atom. The van der Waals surface area contributed by atoms with Crippen LogP contribution >= 0.6 is 0 Å². The Bertz CT molecular complexity index is 1080. The predicted octanol–water partition coefficient (Wildman–Crippen LogP) is 3.48. The van der Waals surface area contributed by atoms with E-state index in [0.29, 0.717) is 19.3 Å². The number of benzene rings is 1. The molecule has 0 aliphatic carbocycles. The number of fused-ring (bicyclic) bond motifs is 1. The van der Waals surface area contributed by atoms with Crippen LogP contribution in [0, 0.1) is 25.7 Å². The van der Waals surface area contributed by atoms with E-state index in [4.69, 9.17) is 9.47 Å². The second-order valence-electron chi connectivity index (χ2n) is 10.8. The van der Waals surface area contributed by atoms with Gasteiger partial charge in [-0.1, -0.05) is 30.4 Å². The lowest BCUT2D eigenvalue weighted by atomic mass is 9.70. The molecule has 3 fully saturated rings. The monoisotopic (exact) mass is 524 g/mol. The minimum atomic E-state index is -1.15. The number of nitrogens with zero attached hydrogens (tertiary/aromatic N) is 2. The van der Waals surface area contributed by atoms with Gasteiger partial charge in [0, 0.05) is 12.2 Å². The van der Waals surface area contributed by atoms with Gasteiger partial charge in [0.1, 0.15) is 11.6 Å². The summed E-state index contributed by atoms with van der Waals surface area (Å²) in [5.41, 5.74) is 1.47. The van der Waals surface area contributed by atoms with E-state index < -0.39 is 41.6 Å². The molecule has 4 rings (SSSR count). The number of aliphatic hydroxyl groups excluding tert-OH is 1. The van der Waals surface area contributed by atoms with Gasteiger partial charge in [-0.25, -0.2) is 0 Å². The van der Waals surface area contributed by atoms with E-state index in [1.807, 2.05) is 38.1 Å². The number of aryl methyl sites for hydroxylation is 2. The largest absolute Gasteiger partial charge is 0.465 e. The van der Waals surface area contributed by atoms with Crippen LogP contribution in [-0.2, 0) is 23.9 Å². The van der Waals surface area contributed by atoms with Gasteiger partial charge in [0.25, 0.3) is 5.91 Å². The highest BCUT2D eigenvalue weighted by molar-refractivity contribution is 6.05. The van der Waals surface area contributed by atoms with Crippen molar-refractivity contribution in [3.05, 3.63) is 54.6 Å². The third kappa shape index (κ3) is 4.58. The van der Waals surface area contributed by atoms with Gasteiger partial charge in [0.15, 0.2) is 0 Å². The van der Waals surface area contributed by atoms with E-state index in [9.17, 15) is 19.5 Å². The zero-order chi connectivity index (χ0) is 27.6. The Labute approximate surface area is 225 Å². The lowest BCUT2D eigenvalue weighted by molar-refractivity contribution is -0.155. The molecule has 3 heterocycles. The molecule has 206 valence electrons. The van der Waals surface area contributed by atoms with Crippen molar-refractivity contribution in [1.82, 2.24) is 4.90 Å². The van der Waals surface area contributed by atoms with Gasteiger partial charge in [-0.05, 0) is 64.0 Å². The van der Waals surface area contributed by atoms with E-state index in [1.54, 1.807) is 17.9 Å². The Balaban J connectivity index is 1.70. The Morgan fingerprint density at radius 1 is 1.26 bits per heavy atom. The molecule has 3 aliphatic rings. The quantitative estimate of drug-likeness (QED) is 0.256. The fourth-order valence-corrected chi connectivity index (χ4v) is 6.66. The number of likely N-dealkylation sites (tertiary alicyclic amines) is 1. The van der Waals surface area contributed by atoms with Crippen molar-refractivity contribution < 1.29 is 29.0 Å². The fourth-order valence-electron chi connectivity index (χ4n) is 6.66. The molecule has 0 radical (unpaired) electrons. The predicted molar refractivity (Wildman–Crippen MR) is 144 cm³/mol. The average molecular weight is 525 g/mol. The van der Waals surface area contributed by atoms with E-state index in [2.05, 4.69) is 13.2 Å². The van der Waals surface area contributed by atoms with Gasteiger partial charge >= 0.3 is 5.97 Å². The fraction of sp³-hybridized carbons (Fsp3) is 0.567. The first-order valence-electron chi connectivity index (χ1n) is 13.6. The topological polar surface area (TPSA) is 96.4 Å². The summed E-state index contributed by atoms with van der Waals surface area (Å²) in [6.45, 7) is 13.4. The minimum Gasteiger partial charge on any atom is -0.465 e. The normalized spacial score (nSPS) is 28.2. The third-order valence-corrected chi connectivity index (χ3v) is 8.32. The van der Waals surface area contributed by atoms with Crippen molar-refractivity contribution in [2.75, 3.05) is 24.7 Å². The molecule has 2 unspecified atom stereocenters. The molecule has 1 spiro atoms. The number of esters is 1. The second kappa shape index (κ2) is 11.4. The number of amides is 2. The highest BCUT2D eigenvalue weighted by atomic mass is 16.6. The number of carbonyl (C=O) groups excluding carboxylic acids is 3. The molecule has 1 N–H and O–H groups in total. The molecule has 3 aliphatic heterocycles. The molecule has 1 aromatic rings. The Kier molecular flexibility index (Phi) is 8.43. The molecule has 0 saturated carbocycles. The van der Waals surface area contributed by atoms with Gasteiger partial charge < -0.3 is 24.4 Å². The third-order valence-electron chi connectivity index (χ3n) is 8.32. The van der Waals surface area contributed by atoms with E-state index >= 15 is 0 Å². The summed E-state index contributed by atoms with van der Waals surface area (Å²) in [5, 5.41) is 10.1. The van der Waals surface area contributed by atoms with Gasteiger partial charge in [-0.3, -0.25) is 14.4 Å². The van der Waals surface area contributed by atoms with Gasteiger partial charge in [0.2, 0.25) is 5.91 Å². The van der Waals surface area contributed by atoms with Crippen LogP contribution in [0.15, 0.2) is 43.5 Å². The van der Waals surface area contributed by atoms with Crippen molar-refractivity contribution in [3.63, 3.8) is 0 Å². The smallest absolute Gasteiger partial charge is 0.312 e. The molecular formula is C30H40N2O6. The van der Waals surface area contributed by atoms with Crippen LogP contribution in [0.1, 0.15) is 50.2 Å². The van der Waals surface area contributed by atoms with Crippen LogP contribution in [0.3, 0.4) is 0 Å². The van der Waals surface area contributed by atoms with Crippen LogP contribution in [0.2, 0.25) is 0 Å². The van der Waals surface area contributed by atoms with Gasteiger partial charge in [-0.2, -0.15) is 0 Å². The summed E-state index contributed by atoms with van der Waals surface area (Å²) >= 11 is 0. The first kappa shape index (κ1) is 28.0. The number of hydrogen-bond donors (Lipinski definition) is 1. The number of carbonyl (C=O) groups is 3. The van der Waals surface area contributed by atoms with E-state index in [0.717, 1.165) is 29.7 Å². The van der Waals surface area contributed by atoms with Crippen LogP contribution in [-0.4, -0.2) is 71.3 Å². The van der Waals surface area contributed by atoms with Gasteiger partial charge in [0.05, 0.1) is 37.2 Å². The van der Waals surface area contributed by atoms with Crippen LogP contribution in [0.25, 0.3) is 0 Å². The SMILES string of the molecule is C=CCCCCOC(=O)[C@@H]1[C@@H]2CCC3(O2)C(C(=O)N(CC=C)c2c(C)cccc2C)N([C@H](C)CO)C(=O)[C@H]13. The number of ether oxygens (including phenoxy) is 2. The maximum Gasteiger partial charge on any atom is 0.312 e. The molecule has 2 bridgehead atoms. The summed E-state index contributed by atoms with van der Waals surface area (Å²) in [7, 11) is 0. The minimum absolute atomic E-state index is 0.247. The van der Waals surface area contributed by atoms with Crippen molar-refractivity contribution in [2.24, 2.45) is 11.8 Å². The van der Waals surface area contributed by atoms with Crippen molar-refractivity contribution in [1.29, 1.82) is 0 Å². The number of unbranched alkanes of at least 4 members (excludes halogenated alkanes) is 2. The van der Waals surface area contributed by atoms with Crippen LogP contribution < -0.4 is 4.90 Å². The van der Waals surface area contributed by atoms with Gasteiger partial charge in [-0.15, -0.1) is 13.2 Å². The Hall–Kier alpha value is -2.97. The van der Waals surface area contributed by atoms with E-state index in [-0.39, 0.29) is 31.6 Å². The van der Waals surface area contributed by atoms with Crippen LogP contribution in [0.5, 0.6) is 0 Å². The summed E-state index contributed by atoms with van der Waals surface area (Å²) in [4.78, 5) is 44.9. The molecule has 1 aromatic carbocycles. The molecule has 3 saturated heterocycles. The summed E-state index contributed by atoms with van der Waals surface area (Å²) in [5.74, 6) is -2.67. The zero-order valence-electron chi connectivity index (χ0n) is 22.7. The highest BCUT2D eigenvalue weighted by Crippen LogP contribution is 2.59. The molecular weight excluding hydrogens is 484 g/mol. The van der Waals surface area contributed by atoms with Crippen molar-refractivity contribution in [2.45, 2.75) is 76.7 Å². The zero-order valence-corrected chi connectivity index (χ0v) is 22.7. The number of rotatable bonds is 12. The average Bonchev–Trinajstić information content (AvgIpc) is 3.54. The number of aliphatic hydroxyl groups is 1. The number of anilines is 1. The number of para-hydroxylation sites is 1. The lowest BCUT2D eigenvalue weighted by Gasteiger charge is -2.39. The standard InChI is InChI=1S/C30H40N2O6/c1-6-8-9-10-17-37-29(36)23-22-14-15-30(38-22)24(23)27(34)32(21(5)18-33)26(30)28(35)31(16-7-2)25-19(3)12-11-13-20(25)4/h6-7,11-13,21-24,26,33H,1-2,8-10,14-18H2,3-5H3/t21-,22+,23-,24+,26?,30?/m1/s1. The first-order valence-corrected chi connectivity index (χ1v) is 13.6. The first-order chi connectivity index (χ1) is 18.2. The number of allylic oxidation sites excluding steroid dienone is 1. The summed E-state index contributed by atoms with van der Waals surface area (Å²) in [6.07, 6.45) is 6.48. The number of hydrogen-bond acceptors (Lipinski definition) is 6. The maximum atomic E-state index is 14.5.